The Morgan fingerprint density at radius 1 is 1.13 bits per heavy atom. The minimum Gasteiger partial charge on any atom is -0.434 e. The normalized spacial score (nSPS) is 11.6. The van der Waals surface area contributed by atoms with Crippen LogP contribution in [0.15, 0.2) is 65.9 Å². The van der Waals surface area contributed by atoms with Gasteiger partial charge in [-0.05, 0) is 18.6 Å². The minimum atomic E-state index is -2.87. The molecule has 30 heavy (non-hydrogen) atoms. The van der Waals surface area contributed by atoms with Crippen molar-refractivity contribution in [3.63, 3.8) is 0 Å². The Morgan fingerprint density at radius 2 is 1.90 bits per heavy atom. The molecule has 6 nitrogen and oxygen atoms in total. The molecule has 0 aliphatic heterocycles. The van der Waals surface area contributed by atoms with Crippen LogP contribution in [0.3, 0.4) is 0 Å². The Balaban J connectivity index is 1.59. The van der Waals surface area contributed by atoms with Crippen molar-refractivity contribution in [3.05, 3.63) is 83.4 Å². The van der Waals surface area contributed by atoms with E-state index in [2.05, 4.69) is 42.0 Å². The number of halogens is 2. The molecule has 1 aromatic heterocycles. The lowest BCUT2D eigenvalue weighted by Gasteiger charge is -2.15. The van der Waals surface area contributed by atoms with Gasteiger partial charge >= 0.3 is 6.61 Å². The Morgan fingerprint density at radius 3 is 2.63 bits per heavy atom. The standard InChI is InChI=1S/C22H25F2N5O/c1-16-8-9-19(30-21(23)24)18(12-16)13-27-22(25-2)28-14-20-26-10-11-29(20)15-17-6-4-3-5-7-17/h3-12,21H,13-15H2,1-2H3,(H2,25,27,28). The van der Waals surface area contributed by atoms with Gasteiger partial charge in [-0.25, -0.2) is 4.98 Å². The zero-order chi connectivity index (χ0) is 21.3. The molecule has 3 aromatic rings. The molecule has 0 fully saturated rings. The number of hydrogen-bond donors (Lipinski definition) is 2. The number of benzene rings is 2. The number of imidazole rings is 1. The molecule has 0 aliphatic rings. The largest absolute Gasteiger partial charge is 0.434 e. The molecular weight excluding hydrogens is 388 g/mol. The van der Waals surface area contributed by atoms with Gasteiger partial charge in [0.2, 0.25) is 0 Å². The first-order valence-electron chi connectivity index (χ1n) is 9.58. The Bertz CT molecular complexity index is 973. The molecule has 1 heterocycles. The van der Waals surface area contributed by atoms with E-state index in [1.165, 1.54) is 5.56 Å². The summed E-state index contributed by atoms with van der Waals surface area (Å²) in [6.45, 7) is 0.513. The van der Waals surface area contributed by atoms with Gasteiger partial charge in [0.15, 0.2) is 5.96 Å². The third-order valence-electron chi connectivity index (χ3n) is 4.51. The fraction of sp³-hybridized carbons (Fsp3) is 0.273. The number of aryl methyl sites for hydroxylation is 1. The molecule has 0 amide bonds. The first-order valence-corrected chi connectivity index (χ1v) is 9.58. The summed E-state index contributed by atoms with van der Waals surface area (Å²) in [5, 5.41) is 6.34. The molecule has 158 valence electrons. The second-order valence-electron chi connectivity index (χ2n) is 6.73. The average molecular weight is 413 g/mol. The Kier molecular flexibility index (Phi) is 7.37. The van der Waals surface area contributed by atoms with Gasteiger partial charge in [-0.15, -0.1) is 0 Å². The molecule has 0 spiro atoms. The van der Waals surface area contributed by atoms with E-state index in [-0.39, 0.29) is 5.75 Å². The molecule has 2 N–H and O–H groups in total. The highest BCUT2D eigenvalue weighted by molar-refractivity contribution is 5.79. The van der Waals surface area contributed by atoms with Crippen molar-refractivity contribution in [1.29, 1.82) is 0 Å². The fourth-order valence-corrected chi connectivity index (χ4v) is 3.05. The van der Waals surface area contributed by atoms with Gasteiger partial charge in [0, 0.05) is 38.1 Å². The Labute approximate surface area is 174 Å². The molecule has 0 aliphatic carbocycles. The second-order valence-corrected chi connectivity index (χ2v) is 6.73. The van der Waals surface area contributed by atoms with Gasteiger partial charge < -0.3 is 19.9 Å². The van der Waals surface area contributed by atoms with E-state index in [1.54, 1.807) is 25.4 Å². The van der Waals surface area contributed by atoms with Crippen LogP contribution in [0, 0.1) is 6.92 Å². The van der Waals surface area contributed by atoms with Gasteiger partial charge in [-0.3, -0.25) is 4.99 Å². The molecule has 0 unspecified atom stereocenters. The maximum Gasteiger partial charge on any atom is 0.387 e. The zero-order valence-electron chi connectivity index (χ0n) is 17.0. The number of guanidine groups is 1. The number of hydrogen-bond acceptors (Lipinski definition) is 3. The summed E-state index contributed by atoms with van der Waals surface area (Å²) in [4.78, 5) is 8.61. The van der Waals surface area contributed by atoms with Crippen LogP contribution in [0.25, 0.3) is 0 Å². The van der Waals surface area contributed by atoms with Crippen LogP contribution in [0.1, 0.15) is 22.5 Å². The maximum atomic E-state index is 12.7. The highest BCUT2D eigenvalue weighted by Crippen LogP contribution is 2.22. The molecule has 8 heteroatoms. The minimum absolute atomic E-state index is 0.150. The number of nitrogens with one attached hydrogen (secondary N) is 2. The molecule has 3 rings (SSSR count). The van der Waals surface area contributed by atoms with E-state index in [0.29, 0.717) is 24.6 Å². The molecule has 0 radical (unpaired) electrons. The number of alkyl halides is 2. The highest BCUT2D eigenvalue weighted by atomic mass is 19.3. The van der Waals surface area contributed by atoms with Crippen LogP contribution >= 0.6 is 0 Å². The van der Waals surface area contributed by atoms with E-state index in [1.807, 2.05) is 37.4 Å². The first kappa shape index (κ1) is 21.3. The summed E-state index contributed by atoms with van der Waals surface area (Å²) in [5.74, 6) is 1.55. The third kappa shape index (κ3) is 6.04. The number of rotatable bonds is 8. The summed E-state index contributed by atoms with van der Waals surface area (Å²) >= 11 is 0. The molecule has 0 saturated carbocycles. The summed E-state index contributed by atoms with van der Waals surface area (Å²) in [7, 11) is 1.65. The van der Waals surface area contributed by atoms with Crippen LogP contribution < -0.4 is 15.4 Å². The van der Waals surface area contributed by atoms with Crippen molar-refractivity contribution < 1.29 is 13.5 Å². The van der Waals surface area contributed by atoms with Crippen molar-refractivity contribution in [2.24, 2.45) is 4.99 Å². The SMILES string of the molecule is CN=C(NCc1cc(C)ccc1OC(F)F)NCc1nccn1Cc1ccccc1. The van der Waals surface area contributed by atoms with Crippen molar-refractivity contribution in [2.45, 2.75) is 33.2 Å². The molecule has 0 saturated heterocycles. The van der Waals surface area contributed by atoms with E-state index >= 15 is 0 Å². The lowest BCUT2D eigenvalue weighted by Crippen LogP contribution is -2.37. The molecule has 2 aromatic carbocycles. The van der Waals surface area contributed by atoms with Gasteiger partial charge in [-0.1, -0.05) is 48.0 Å². The van der Waals surface area contributed by atoms with Crippen molar-refractivity contribution in [1.82, 2.24) is 20.2 Å². The van der Waals surface area contributed by atoms with Gasteiger partial charge in [0.05, 0.1) is 6.54 Å². The summed E-state index contributed by atoms with van der Waals surface area (Å²) in [6.07, 6.45) is 3.69. The summed E-state index contributed by atoms with van der Waals surface area (Å²) < 4.78 is 32.0. The topological polar surface area (TPSA) is 63.5 Å². The van der Waals surface area contributed by atoms with Crippen LogP contribution in [-0.4, -0.2) is 29.2 Å². The van der Waals surface area contributed by atoms with Crippen molar-refractivity contribution in [3.8, 4) is 5.75 Å². The van der Waals surface area contributed by atoms with E-state index < -0.39 is 6.61 Å². The smallest absolute Gasteiger partial charge is 0.387 e. The van der Waals surface area contributed by atoms with Crippen LogP contribution in [0.5, 0.6) is 5.75 Å². The van der Waals surface area contributed by atoms with Crippen LogP contribution in [0.2, 0.25) is 0 Å². The van der Waals surface area contributed by atoms with Crippen molar-refractivity contribution >= 4 is 5.96 Å². The van der Waals surface area contributed by atoms with E-state index in [0.717, 1.165) is 17.9 Å². The predicted octanol–water partition coefficient (Wildman–Crippen LogP) is 3.71. The second kappa shape index (κ2) is 10.4. The van der Waals surface area contributed by atoms with E-state index in [4.69, 9.17) is 0 Å². The predicted molar refractivity (Wildman–Crippen MR) is 113 cm³/mol. The summed E-state index contributed by atoms with van der Waals surface area (Å²) in [6, 6.07) is 15.2. The average Bonchev–Trinajstić information content (AvgIpc) is 3.17. The van der Waals surface area contributed by atoms with Crippen molar-refractivity contribution in [2.75, 3.05) is 7.05 Å². The van der Waals surface area contributed by atoms with Crippen LogP contribution in [0.4, 0.5) is 8.78 Å². The van der Waals surface area contributed by atoms with Gasteiger partial charge in [0.25, 0.3) is 0 Å². The number of aliphatic imine (C=N–C) groups is 1. The fourth-order valence-electron chi connectivity index (χ4n) is 3.05. The number of nitrogens with zero attached hydrogens (tertiary/aromatic N) is 3. The molecule has 0 bridgehead atoms. The van der Waals surface area contributed by atoms with Crippen LogP contribution in [-0.2, 0) is 19.6 Å². The lowest BCUT2D eigenvalue weighted by atomic mass is 10.1. The number of aromatic nitrogens is 2. The zero-order valence-corrected chi connectivity index (χ0v) is 17.0. The number of ether oxygens (including phenoxy) is 1. The Hall–Kier alpha value is -3.42. The quantitative estimate of drug-likeness (QED) is 0.437. The van der Waals surface area contributed by atoms with E-state index in [9.17, 15) is 8.78 Å². The monoisotopic (exact) mass is 413 g/mol. The maximum absolute atomic E-state index is 12.7. The van der Waals surface area contributed by atoms with Gasteiger partial charge in [-0.2, -0.15) is 8.78 Å². The third-order valence-corrected chi connectivity index (χ3v) is 4.51. The highest BCUT2D eigenvalue weighted by Gasteiger charge is 2.11. The van der Waals surface area contributed by atoms with Gasteiger partial charge in [0.1, 0.15) is 11.6 Å². The lowest BCUT2D eigenvalue weighted by molar-refractivity contribution is -0.0504. The summed E-state index contributed by atoms with van der Waals surface area (Å²) in [5.41, 5.74) is 2.77. The molecule has 0 atom stereocenters. The molecular formula is C22H25F2N5O. The first-order chi connectivity index (χ1) is 14.5.